The molecule has 0 bridgehead atoms. The maximum absolute atomic E-state index is 6.51. The first-order chi connectivity index (χ1) is 47.0. The zero-order chi connectivity index (χ0) is 62.4. The number of hydrogen-bond donors (Lipinski definition) is 1. The van der Waals surface area contributed by atoms with E-state index < -0.39 is 0 Å². The van der Waals surface area contributed by atoms with Gasteiger partial charge in [-0.1, -0.05) is 231 Å². The smallest absolute Gasteiger partial charge is 0.238 e. The van der Waals surface area contributed by atoms with Crippen molar-refractivity contribution in [3.8, 4) is 28.5 Å². The van der Waals surface area contributed by atoms with Crippen molar-refractivity contribution in [2.75, 3.05) is 0 Å². The molecule has 0 radical (unpaired) electrons. The third-order valence-electron chi connectivity index (χ3n) is 18.8. The van der Waals surface area contributed by atoms with E-state index in [0.29, 0.717) is 17.4 Å². The van der Waals surface area contributed by atoms with E-state index in [1.807, 2.05) is 77.3 Å². The Hall–Kier alpha value is -11.8. The summed E-state index contributed by atoms with van der Waals surface area (Å²) in [5.74, 6) is 0.593. The standard InChI is InChI=1S/C42H23N3OS.C22H13NS.C20H11ClN2O/c1-2-12-25-23-26(22-21-24(25)11-1)38-37-30-16-6-9-19-33(30)46-41(37)44-42(43-38)45-32-18-8-5-15-29(32)35-36-31-17-7-10-20-34(31)47-40(36)28-14-4-3-13-27(28)39(35)45;1-2-8-14-13(7-1)21-19(15-9-3-5-11-17(15)23-21)20-16-10-4-6-12-18(16)24-22(14)20;21-20-22-18(14-10-9-12-5-1-2-6-13(12)11-14)17-15-7-3-4-8-16(15)24-19(17)23-20/h1-23H;1-12,23H;1-11H. The Bertz CT molecular complexity index is 6860. The van der Waals surface area contributed by atoms with Gasteiger partial charge in [-0.15, -0.1) is 22.7 Å². The minimum atomic E-state index is 0.185. The average Bonchev–Trinajstić information content (AvgIpc) is 1.55. The van der Waals surface area contributed by atoms with Gasteiger partial charge >= 0.3 is 0 Å². The van der Waals surface area contributed by atoms with Gasteiger partial charge in [-0.3, -0.25) is 4.57 Å². The molecule has 0 aliphatic heterocycles. The molecule has 8 nitrogen and oxygen atoms in total. The number of benzene rings is 14. The molecule has 11 heteroatoms. The fourth-order valence-corrected chi connectivity index (χ4v) is 17.4. The van der Waals surface area contributed by atoms with Gasteiger partial charge in [0.15, 0.2) is 0 Å². The van der Waals surface area contributed by atoms with Crippen molar-refractivity contribution in [3.05, 3.63) is 284 Å². The van der Waals surface area contributed by atoms with Gasteiger partial charge in [-0.05, 0) is 81.7 Å². The van der Waals surface area contributed by atoms with Crippen molar-refractivity contribution < 1.29 is 8.83 Å². The van der Waals surface area contributed by atoms with Gasteiger partial charge in [-0.2, -0.15) is 9.97 Å². The van der Waals surface area contributed by atoms with Gasteiger partial charge < -0.3 is 13.8 Å². The first-order valence-electron chi connectivity index (χ1n) is 31.5. The quantitative estimate of drug-likeness (QED) is 0.177. The Morgan fingerprint density at radius 3 is 1.41 bits per heavy atom. The van der Waals surface area contributed by atoms with E-state index in [2.05, 4.69) is 244 Å². The minimum absolute atomic E-state index is 0.185. The van der Waals surface area contributed by atoms with Crippen LogP contribution in [-0.2, 0) is 0 Å². The Kier molecular flexibility index (Phi) is 12.0. The minimum Gasteiger partial charge on any atom is -0.438 e. The van der Waals surface area contributed by atoms with Gasteiger partial charge in [0.25, 0.3) is 0 Å². The molecule has 444 valence electrons. The number of nitrogens with one attached hydrogen (secondary N) is 1. The Morgan fingerprint density at radius 2 is 0.789 bits per heavy atom. The molecule has 14 aromatic carbocycles. The third kappa shape index (κ3) is 8.31. The first-order valence-corrected chi connectivity index (χ1v) is 33.5. The molecule has 8 heterocycles. The Morgan fingerprint density at radius 1 is 0.337 bits per heavy atom. The number of nitrogens with zero attached hydrogens (tertiary/aromatic N) is 5. The number of hydrogen-bond acceptors (Lipinski definition) is 8. The molecule has 95 heavy (non-hydrogen) atoms. The van der Waals surface area contributed by atoms with Crippen LogP contribution in [0.2, 0.25) is 5.28 Å². The molecule has 0 unspecified atom stereocenters. The topological polar surface area (TPSA) is 98.6 Å². The van der Waals surface area contributed by atoms with E-state index in [1.54, 1.807) is 0 Å². The number of para-hydroxylation sites is 4. The summed E-state index contributed by atoms with van der Waals surface area (Å²) >= 11 is 9.91. The summed E-state index contributed by atoms with van der Waals surface area (Å²) in [5, 5.41) is 24.2. The monoisotopic (exact) mass is 1270 g/mol. The van der Waals surface area contributed by atoms with Gasteiger partial charge in [-0.25, -0.2) is 9.97 Å². The molecule has 0 aliphatic rings. The molecular weight excluding hydrogens is 1220 g/mol. The predicted octanol–water partition coefficient (Wildman–Crippen LogP) is 24.5. The molecule has 0 spiro atoms. The van der Waals surface area contributed by atoms with E-state index in [4.69, 9.17) is 30.4 Å². The number of rotatable bonds is 3. The molecule has 0 aliphatic carbocycles. The van der Waals surface area contributed by atoms with Crippen molar-refractivity contribution in [1.29, 1.82) is 0 Å². The molecular formula is C84H47ClN6O2S2. The second-order valence-electron chi connectivity index (χ2n) is 24.1. The molecule has 0 amide bonds. The number of halogens is 1. The van der Waals surface area contributed by atoms with Gasteiger partial charge in [0.2, 0.25) is 22.7 Å². The molecule has 1 N–H and O–H groups in total. The van der Waals surface area contributed by atoms with Crippen LogP contribution in [0.15, 0.2) is 288 Å². The fourth-order valence-electron chi connectivity index (χ4n) is 14.7. The number of aromatic nitrogens is 6. The lowest BCUT2D eigenvalue weighted by molar-refractivity contribution is 0.651. The molecule has 0 saturated heterocycles. The summed E-state index contributed by atoms with van der Waals surface area (Å²) in [6, 6.07) is 97.9. The molecule has 0 fully saturated rings. The highest BCUT2D eigenvalue weighted by Crippen LogP contribution is 2.50. The molecule has 22 rings (SSSR count). The van der Waals surface area contributed by atoms with Crippen molar-refractivity contribution >= 4 is 205 Å². The highest BCUT2D eigenvalue weighted by Gasteiger charge is 2.26. The van der Waals surface area contributed by atoms with Crippen LogP contribution in [0.3, 0.4) is 0 Å². The summed E-state index contributed by atoms with van der Waals surface area (Å²) in [4.78, 5) is 23.1. The van der Waals surface area contributed by atoms with Crippen LogP contribution < -0.4 is 0 Å². The largest absolute Gasteiger partial charge is 0.438 e. The first kappa shape index (κ1) is 53.8. The van der Waals surface area contributed by atoms with Crippen LogP contribution in [0.5, 0.6) is 0 Å². The van der Waals surface area contributed by atoms with Gasteiger partial charge in [0, 0.05) is 111 Å². The number of fused-ring (bicyclic) bond motifs is 28. The normalized spacial score (nSPS) is 12.1. The summed E-state index contributed by atoms with van der Waals surface area (Å²) in [6.45, 7) is 0. The molecule has 22 aromatic rings. The fraction of sp³-hybridized carbons (Fsp3) is 0. The van der Waals surface area contributed by atoms with Crippen LogP contribution in [0, 0.1) is 0 Å². The lowest BCUT2D eigenvalue weighted by Crippen LogP contribution is -2.03. The van der Waals surface area contributed by atoms with Crippen LogP contribution in [0.25, 0.3) is 200 Å². The third-order valence-corrected chi connectivity index (χ3v) is 21.4. The number of H-pyrrole nitrogens is 1. The molecule has 0 saturated carbocycles. The Labute approximate surface area is 552 Å². The summed E-state index contributed by atoms with van der Waals surface area (Å²) < 4.78 is 20.0. The van der Waals surface area contributed by atoms with Crippen LogP contribution >= 0.6 is 34.3 Å². The summed E-state index contributed by atoms with van der Waals surface area (Å²) in [5.41, 5.74) is 11.0. The molecule has 0 atom stereocenters. The van der Waals surface area contributed by atoms with Gasteiger partial charge in [0.1, 0.15) is 11.2 Å². The van der Waals surface area contributed by atoms with E-state index in [-0.39, 0.29) is 5.28 Å². The maximum atomic E-state index is 6.51. The zero-order valence-electron chi connectivity index (χ0n) is 50.3. The van der Waals surface area contributed by atoms with Crippen molar-refractivity contribution in [2.24, 2.45) is 0 Å². The average molecular weight is 1270 g/mol. The van der Waals surface area contributed by atoms with Crippen LogP contribution in [0.1, 0.15) is 0 Å². The number of aromatic amines is 1. The van der Waals surface area contributed by atoms with Crippen LogP contribution in [0.4, 0.5) is 0 Å². The van der Waals surface area contributed by atoms with E-state index in [9.17, 15) is 0 Å². The van der Waals surface area contributed by atoms with Crippen molar-refractivity contribution in [3.63, 3.8) is 0 Å². The summed E-state index contributed by atoms with van der Waals surface area (Å²) in [7, 11) is 0. The zero-order valence-corrected chi connectivity index (χ0v) is 52.7. The number of furan rings is 2. The highest BCUT2D eigenvalue weighted by atomic mass is 35.5. The SMILES string of the molecule is Clc1nc(-c2ccc3ccccc3c2)c2c(n1)oc1ccccc12.c1ccc2c(c1)[nH]c1c3ccccc3c3sc4ccccc4c3c21.c1ccc2cc(-c3nc(-n4c5ccccc5c5c6c7ccccc7sc6c6ccccc6c54)nc4oc5ccccc5c34)ccc2c1. The van der Waals surface area contributed by atoms with E-state index in [0.717, 1.165) is 71.6 Å². The predicted molar refractivity (Wildman–Crippen MR) is 400 cm³/mol. The second-order valence-corrected chi connectivity index (χ2v) is 26.5. The van der Waals surface area contributed by atoms with Crippen molar-refractivity contribution in [1.82, 2.24) is 29.5 Å². The van der Waals surface area contributed by atoms with Gasteiger partial charge in [0.05, 0.1) is 38.7 Å². The summed E-state index contributed by atoms with van der Waals surface area (Å²) in [6.07, 6.45) is 0. The molecule has 8 aromatic heterocycles. The lowest BCUT2D eigenvalue weighted by Gasteiger charge is -2.12. The van der Waals surface area contributed by atoms with Crippen LogP contribution in [-0.4, -0.2) is 29.5 Å². The van der Waals surface area contributed by atoms with E-state index in [1.165, 1.54) is 111 Å². The second kappa shape index (κ2) is 21.1. The Balaban J connectivity index is 0.000000108. The highest BCUT2D eigenvalue weighted by molar-refractivity contribution is 7.27. The number of thiophene rings is 2. The van der Waals surface area contributed by atoms with E-state index >= 15 is 0 Å². The lowest BCUT2D eigenvalue weighted by atomic mass is 10.00. The maximum Gasteiger partial charge on any atom is 0.238 e. The van der Waals surface area contributed by atoms with Crippen molar-refractivity contribution in [2.45, 2.75) is 0 Å².